The van der Waals surface area contributed by atoms with Gasteiger partial charge in [0.15, 0.2) is 0 Å². The van der Waals surface area contributed by atoms with E-state index in [9.17, 15) is 0 Å². The van der Waals surface area contributed by atoms with Gasteiger partial charge >= 0.3 is 0 Å². The molecule has 0 aromatic carbocycles. The summed E-state index contributed by atoms with van der Waals surface area (Å²) in [6.45, 7) is 2.01. The standard InChI is InChI=1S/C3H7IN2/c1-3(4)2-6-5/h2-3H,5H2,1H3/b6-2-. The number of halogens is 1. The van der Waals surface area contributed by atoms with Crippen LogP contribution in [0.3, 0.4) is 0 Å². The van der Waals surface area contributed by atoms with E-state index in [0.717, 1.165) is 0 Å². The third-order valence-corrected chi connectivity index (χ3v) is 0.613. The van der Waals surface area contributed by atoms with Crippen LogP contribution >= 0.6 is 22.6 Å². The minimum atomic E-state index is 0.451. The van der Waals surface area contributed by atoms with Crippen LogP contribution in [-0.4, -0.2) is 10.1 Å². The lowest BCUT2D eigenvalue weighted by Gasteiger charge is -1.83. The summed E-state index contributed by atoms with van der Waals surface area (Å²) >= 11 is 2.21. The maximum Gasteiger partial charge on any atom is 0.0452 e. The van der Waals surface area contributed by atoms with Gasteiger partial charge in [0.05, 0.1) is 0 Å². The van der Waals surface area contributed by atoms with Crippen LogP contribution < -0.4 is 5.84 Å². The summed E-state index contributed by atoms with van der Waals surface area (Å²) in [5.74, 6) is 4.79. The highest BCUT2D eigenvalue weighted by Gasteiger charge is 1.81. The highest BCUT2D eigenvalue weighted by Crippen LogP contribution is 1.90. The number of alkyl halides is 1. The van der Waals surface area contributed by atoms with E-state index in [4.69, 9.17) is 5.84 Å². The minimum Gasteiger partial charge on any atom is -0.324 e. The number of nitrogens with zero attached hydrogens (tertiary/aromatic N) is 1. The Kier molecular flexibility index (Phi) is 3.51. The van der Waals surface area contributed by atoms with Gasteiger partial charge in [-0.15, -0.1) is 0 Å². The first-order valence-electron chi connectivity index (χ1n) is 1.65. The molecule has 0 aromatic rings. The first-order valence-corrected chi connectivity index (χ1v) is 2.89. The van der Waals surface area contributed by atoms with E-state index in [-0.39, 0.29) is 0 Å². The van der Waals surface area contributed by atoms with E-state index in [2.05, 4.69) is 27.7 Å². The molecular formula is C3H7IN2. The first kappa shape index (κ1) is 6.20. The lowest BCUT2D eigenvalue weighted by atomic mass is 10.6. The molecule has 0 aliphatic heterocycles. The summed E-state index contributed by atoms with van der Waals surface area (Å²) in [7, 11) is 0. The van der Waals surface area contributed by atoms with Crippen LogP contribution in [0.4, 0.5) is 0 Å². The van der Waals surface area contributed by atoms with Gasteiger partial charge in [0, 0.05) is 10.1 Å². The van der Waals surface area contributed by atoms with Crippen molar-refractivity contribution in [3.05, 3.63) is 0 Å². The molecule has 0 fully saturated rings. The van der Waals surface area contributed by atoms with Crippen molar-refractivity contribution in [2.75, 3.05) is 0 Å². The fourth-order valence-corrected chi connectivity index (χ4v) is 0.304. The van der Waals surface area contributed by atoms with Crippen molar-refractivity contribution in [2.45, 2.75) is 10.8 Å². The Morgan fingerprint density at radius 1 is 2.00 bits per heavy atom. The number of hydrogen-bond acceptors (Lipinski definition) is 2. The number of hydrogen-bond donors (Lipinski definition) is 1. The molecule has 2 nitrogen and oxygen atoms in total. The van der Waals surface area contributed by atoms with Crippen molar-refractivity contribution in [1.29, 1.82) is 0 Å². The van der Waals surface area contributed by atoms with Gasteiger partial charge in [0.2, 0.25) is 0 Å². The average Bonchev–Trinajstić information content (AvgIpc) is 1.35. The summed E-state index contributed by atoms with van der Waals surface area (Å²) in [5, 5.41) is 3.30. The first-order chi connectivity index (χ1) is 2.77. The Balaban J connectivity index is 3.03. The number of nitrogens with two attached hydrogens (primary N) is 1. The van der Waals surface area contributed by atoms with Crippen LogP contribution in [0.5, 0.6) is 0 Å². The fourth-order valence-electron chi connectivity index (χ4n) is 0.119. The van der Waals surface area contributed by atoms with Gasteiger partial charge in [-0.05, 0) is 6.92 Å². The van der Waals surface area contributed by atoms with Gasteiger partial charge in [0.25, 0.3) is 0 Å². The SMILES string of the molecule is CC(I)/C=N\N. The third kappa shape index (κ3) is 4.20. The van der Waals surface area contributed by atoms with Gasteiger partial charge in [-0.1, -0.05) is 22.6 Å². The lowest BCUT2D eigenvalue weighted by Crippen LogP contribution is -1.92. The van der Waals surface area contributed by atoms with Crippen molar-refractivity contribution < 1.29 is 0 Å². The molecule has 0 aliphatic carbocycles. The second kappa shape index (κ2) is 3.39. The molecule has 1 atom stereocenters. The van der Waals surface area contributed by atoms with Gasteiger partial charge in [0.1, 0.15) is 0 Å². The van der Waals surface area contributed by atoms with E-state index in [1.54, 1.807) is 6.21 Å². The van der Waals surface area contributed by atoms with Crippen molar-refractivity contribution in [1.82, 2.24) is 0 Å². The smallest absolute Gasteiger partial charge is 0.0452 e. The molecule has 3 heteroatoms. The summed E-state index contributed by atoms with van der Waals surface area (Å²) < 4.78 is 0.451. The van der Waals surface area contributed by atoms with E-state index >= 15 is 0 Å². The van der Waals surface area contributed by atoms with Crippen LogP contribution in [0.25, 0.3) is 0 Å². The van der Waals surface area contributed by atoms with Crippen molar-refractivity contribution >= 4 is 28.8 Å². The molecule has 6 heavy (non-hydrogen) atoms. The molecule has 0 saturated heterocycles. The zero-order valence-corrected chi connectivity index (χ0v) is 5.71. The second-order valence-electron chi connectivity index (χ2n) is 0.976. The Labute approximate surface area is 50.9 Å². The van der Waals surface area contributed by atoms with Crippen LogP contribution in [0, 0.1) is 0 Å². The topological polar surface area (TPSA) is 38.4 Å². The van der Waals surface area contributed by atoms with Crippen molar-refractivity contribution in [2.24, 2.45) is 10.9 Å². The minimum absolute atomic E-state index is 0.451. The van der Waals surface area contributed by atoms with Crippen LogP contribution in [-0.2, 0) is 0 Å². The lowest BCUT2D eigenvalue weighted by molar-refractivity contribution is 1.23. The molecule has 0 radical (unpaired) electrons. The van der Waals surface area contributed by atoms with Gasteiger partial charge in [-0.2, -0.15) is 5.10 Å². The van der Waals surface area contributed by atoms with E-state index in [1.807, 2.05) is 6.92 Å². The Morgan fingerprint density at radius 2 is 2.50 bits per heavy atom. The predicted octanol–water partition coefficient (Wildman–Crippen LogP) is 0.754. The molecule has 0 aliphatic rings. The molecule has 0 aromatic heterocycles. The predicted molar refractivity (Wildman–Crippen MR) is 36.2 cm³/mol. The summed E-state index contributed by atoms with van der Waals surface area (Å²) in [5.41, 5.74) is 0. The molecule has 0 spiro atoms. The largest absolute Gasteiger partial charge is 0.324 e. The number of rotatable bonds is 1. The van der Waals surface area contributed by atoms with Crippen LogP contribution in [0.15, 0.2) is 5.10 Å². The summed E-state index contributed by atoms with van der Waals surface area (Å²) in [4.78, 5) is 0. The second-order valence-corrected chi connectivity index (χ2v) is 2.94. The Hall–Kier alpha value is 0.200. The highest BCUT2D eigenvalue weighted by molar-refractivity contribution is 14.1. The quantitative estimate of drug-likeness (QED) is 0.218. The monoisotopic (exact) mass is 198 g/mol. The normalized spacial score (nSPS) is 15.7. The molecule has 0 heterocycles. The Morgan fingerprint density at radius 3 is 2.50 bits per heavy atom. The van der Waals surface area contributed by atoms with E-state index in [0.29, 0.717) is 3.92 Å². The zero-order valence-electron chi connectivity index (χ0n) is 3.56. The molecule has 0 saturated carbocycles. The molecule has 1 unspecified atom stereocenters. The van der Waals surface area contributed by atoms with E-state index < -0.39 is 0 Å². The van der Waals surface area contributed by atoms with Gasteiger partial charge in [-0.25, -0.2) is 0 Å². The summed E-state index contributed by atoms with van der Waals surface area (Å²) in [6, 6.07) is 0. The molecule has 0 rings (SSSR count). The van der Waals surface area contributed by atoms with Crippen molar-refractivity contribution in [3.63, 3.8) is 0 Å². The third-order valence-electron chi connectivity index (χ3n) is 0.291. The molecule has 0 bridgehead atoms. The highest BCUT2D eigenvalue weighted by atomic mass is 127. The van der Waals surface area contributed by atoms with E-state index in [1.165, 1.54) is 0 Å². The molecule has 2 N–H and O–H groups in total. The summed E-state index contributed by atoms with van der Waals surface area (Å²) in [6.07, 6.45) is 1.68. The molecule has 0 amide bonds. The van der Waals surface area contributed by atoms with Crippen LogP contribution in [0.2, 0.25) is 0 Å². The fraction of sp³-hybridized carbons (Fsp3) is 0.667. The van der Waals surface area contributed by atoms with Gasteiger partial charge < -0.3 is 5.84 Å². The van der Waals surface area contributed by atoms with Crippen molar-refractivity contribution in [3.8, 4) is 0 Å². The number of hydrazone groups is 1. The van der Waals surface area contributed by atoms with Crippen LogP contribution in [0.1, 0.15) is 6.92 Å². The van der Waals surface area contributed by atoms with Gasteiger partial charge in [-0.3, -0.25) is 0 Å². The average molecular weight is 198 g/mol. The maximum absolute atomic E-state index is 4.79. The zero-order chi connectivity index (χ0) is 4.99. The Bertz CT molecular complexity index is 50.8. The maximum atomic E-state index is 4.79. The molecular weight excluding hydrogens is 191 g/mol. The molecule has 36 valence electrons.